The molecule has 1 aliphatic rings. The Morgan fingerprint density at radius 3 is 3.00 bits per heavy atom. The van der Waals surface area contributed by atoms with Gasteiger partial charge in [-0.15, -0.1) is 0 Å². The van der Waals surface area contributed by atoms with Gasteiger partial charge in [0.1, 0.15) is 11.6 Å². The van der Waals surface area contributed by atoms with E-state index in [9.17, 15) is 9.50 Å². The van der Waals surface area contributed by atoms with E-state index in [0.717, 1.165) is 19.4 Å². The Balaban J connectivity index is 2.33. The van der Waals surface area contributed by atoms with E-state index in [0.29, 0.717) is 11.3 Å². The molecular weight excluding hydrogens is 209 g/mol. The van der Waals surface area contributed by atoms with Gasteiger partial charge in [-0.3, -0.25) is 0 Å². The molecule has 3 nitrogen and oxygen atoms in total. The molecule has 88 valence electrons. The minimum absolute atomic E-state index is 0.237. The zero-order valence-electron chi connectivity index (χ0n) is 9.24. The molecule has 2 N–H and O–H groups in total. The molecule has 2 atom stereocenters. The number of piperidine rings is 1. The van der Waals surface area contributed by atoms with Crippen LogP contribution in [0.5, 0.6) is 5.75 Å². The lowest BCUT2D eigenvalue weighted by atomic mass is 9.94. The van der Waals surface area contributed by atoms with Crippen LogP contribution in [-0.4, -0.2) is 24.9 Å². The van der Waals surface area contributed by atoms with Gasteiger partial charge in [0.15, 0.2) is 0 Å². The summed E-state index contributed by atoms with van der Waals surface area (Å²) in [6.07, 6.45) is 1.19. The Bertz CT molecular complexity index is 370. The van der Waals surface area contributed by atoms with Gasteiger partial charge in [0.05, 0.1) is 19.3 Å². The lowest BCUT2D eigenvalue weighted by Crippen LogP contribution is -2.37. The molecule has 0 saturated carbocycles. The van der Waals surface area contributed by atoms with Crippen LogP contribution in [0.25, 0.3) is 0 Å². The molecule has 0 aliphatic carbocycles. The highest BCUT2D eigenvalue weighted by molar-refractivity contribution is 5.37. The molecule has 1 saturated heterocycles. The van der Waals surface area contributed by atoms with E-state index < -0.39 is 6.10 Å². The number of hydrogen-bond donors (Lipinski definition) is 2. The maximum absolute atomic E-state index is 13.2. The van der Waals surface area contributed by atoms with Crippen molar-refractivity contribution < 1.29 is 14.2 Å². The molecular formula is C12H16FNO2. The van der Waals surface area contributed by atoms with E-state index in [2.05, 4.69) is 5.32 Å². The van der Waals surface area contributed by atoms with Gasteiger partial charge in [0.2, 0.25) is 0 Å². The number of methoxy groups -OCH3 is 1. The average molecular weight is 225 g/mol. The first-order valence-electron chi connectivity index (χ1n) is 5.47. The summed E-state index contributed by atoms with van der Waals surface area (Å²) in [6.45, 7) is 0.835. The van der Waals surface area contributed by atoms with E-state index in [1.165, 1.54) is 12.1 Å². The topological polar surface area (TPSA) is 41.5 Å². The number of aliphatic hydroxyl groups is 1. The Kier molecular flexibility index (Phi) is 3.41. The predicted octanol–water partition coefficient (Wildman–Crippen LogP) is 1.62. The minimum atomic E-state index is -0.482. The van der Waals surface area contributed by atoms with Gasteiger partial charge >= 0.3 is 0 Å². The monoisotopic (exact) mass is 225 g/mol. The third-order valence-corrected chi connectivity index (χ3v) is 2.95. The van der Waals surface area contributed by atoms with Crippen molar-refractivity contribution in [3.8, 4) is 5.75 Å². The van der Waals surface area contributed by atoms with E-state index in [1.54, 1.807) is 13.2 Å². The van der Waals surface area contributed by atoms with E-state index in [1.807, 2.05) is 0 Å². The smallest absolute Gasteiger partial charge is 0.123 e. The number of benzene rings is 1. The first-order valence-corrected chi connectivity index (χ1v) is 5.47. The summed E-state index contributed by atoms with van der Waals surface area (Å²) >= 11 is 0. The summed E-state index contributed by atoms with van der Waals surface area (Å²) in [7, 11) is 1.55. The van der Waals surface area contributed by atoms with Crippen LogP contribution in [0.3, 0.4) is 0 Å². The molecule has 0 spiro atoms. The molecule has 2 unspecified atom stereocenters. The molecule has 1 aromatic rings. The van der Waals surface area contributed by atoms with Crippen LogP contribution < -0.4 is 10.1 Å². The van der Waals surface area contributed by atoms with Crippen LogP contribution in [0.15, 0.2) is 18.2 Å². The van der Waals surface area contributed by atoms with Crippen molar-refractivity contribution >= 4 is 0 Å². The van der Waals surface area contributed by atoms with Gasteiger partial charge < -0.3 is 15.2 Å². The zero-order chi connectivity index (χ0) is 11.5. The number of rotatable bonds is 2. The van der Waals surface area contributed by atoms with Crippen LogP contribution in [0.4, 0.5) is 4.39 Å². The number of ether oxygens (including phenoxy) is 1. The van der Waals surface area contributed by atoms with Gasteiger partial charge in [-0.05, 0) is 37.6 Å². The van der Waals surface area contributed by atoms with Crippen molar-refractivity contribution in [1.29, 1.82) is 0 Å². The fourth-order valence-corrected chi connectivity index (χ4v) is 2.14. The van der Waals surface area contributed by atoms with Crippen molar-refractivity contribution in [2.45, 2.75) is 25.0 Å². The number of hydrogen-bond acceptors (Lipinski definition) is 3. The number of aliphatic hydroxyl groups excluding tert-OH is 1. The van der Waals surface area contributed by atoms with Crippen molar-refractivity contribution in [3.63, 3.8) is 0 Å². The molecule has 16 heavy (non-hydrogen) atoms. The lowest BCUT2D eigenvalue weighted by molar-refractivity contribution is 0.0951. The van der Waals surface area contributed by atoms with Crippen molar-refractivity contribution in [3.05, 3.63) is 29.6 Å². The average Bonchev–Trinajstić information content (AvgIpc) is 2.29. The minimum Gasteiger partial charge on any atom is -0.496 e. The molecule has 0 amide bonds. The van der Waals surface area contributed by atoms with Gasteiger partial charge in [0.25, 0.3) is 0 Å². The largest absolute Gasteiger partial charge is 0.496 e. The van der Waals surface area contributed by atoms with E-state index in [-0.39, 0.29) is 11.9 Å². The first kappa shape index (κ1) is 11.4. The molecule has 1 aromatic carbocycles. The second kappa shape index (κ2) is 4.80. The number of nitrogens with one attached hydrogen (secondary N) is 1. The summed E-state index contributed by atoms with van der Waals surface area (Å²) in [5, 5.41) is 13.1. The normalized spacial score (nSPS) is 25.4. The maximum atomic E-state index is 13.2. The SMILES string of the molecule is COc1ccc(F)cc1C1NCCCC1O. The highest BCUT2D eigenvalue weighted by atomic mass is 19.1. The fraction of sp³-hybridized carbons (Fsp3) is 0.500. The quantitative estimate of drug-likeness (QED) is 0.803. The van der Waals surface area contributed by atoms with Gasteiger partial charge in [-0.1, -0.05) is 0 Å². The molecule has 1 aliphatic heterocycles. The van der Waals surface area contributed by atoms with E-state index >= 15 is 0 Å². The van der Waals surface area contributed by atoms with Crippen LogP contribution >= 0.6 is 0 Å². The van der Waals surface area contributed by atoms with Gasteiger partial charge in [-0.25, -0.2) is 4.39 Å². The second-order valence-electron chi connectivity index (χ2n) is 4.03. The van der Waals surface area contributed by atoms with Crippen LogP contribution in [-0.2, 0) is 0 Å². The lowest BCUT2D eigenvalue weighted by Gasteiger charge is -2.30. The van der Waals surface area contributed by atoms with Crippen molar-refractivity contribution in [2.24, 2.45) is 0 Å². The Hall–Kier alpha value is -1.13. The molecule has 2 rings (SSSR count). The highest BCUT2D eigenvalue weighted by Crippen LogP contribution is 2.31. The van der Waals surface area contributed by atoms with Crippen molar-refractivity contribution in [1.82, 2.24) is 5.32 Å². The molecule has 1 fully saturated rings. The van der Waals surface area contributed by atoms with Crippen LogP contribution in [0.2, 0.25) is 0 Å². The molecule has 0 radical (unpaired) electrons. The third kappa shape index (κ3) is 2.18. The Morgan fingerprint density at radius 2 is 2.31 bits per heavy atom. The van der Waals surface area contributed by atoms with Gasteiger partial charge in [-0.2, -0.15) is 0 Å². The van der Waals surface area contributed by atoms with Gasteiger partial charge in [0, 0.05) is 5.56 Å². The molecule has 0 bridgehead atoms. The van der Waals surface area contributed by atoms with E-state index in [4.69, 9.17) is 4.74 Å². The zero-order valence-corrected chi connectivity index (χ0v) is 9.24. The maximum Gasteiger partial charge on any atom is 0.123 e. The summed E-state index contributed by atoms with van der Waals surface area (Å²) in [6, 6.07) is 4.13. The predicted molar refractivity (Wildman–Crippen MR) is 58.9 cm³/mol. The van der Waals surface area contributed by atoms with Crippen LogP contribution in [0, 0.1) is 5.82 Å². The fourth-order valence-electron chi connectivity index (χ4n) is 2.14. The Morgan fingerprint density at radius 1 is 1.50 bits per heavy atom. The summed E-state index contributed by atoms with van der Waals surface area (Å²) < 4.78 is 18.4. The molecule has 4 heteroatoms. The third-order valence-electron chi connectivity index (χ3n) is 2.95. The highest BCUT2D eigenvalue weighted by Gasteiger charge is 2.26. The van der Waals surface area contributed by atoms with Crippen LogP contribution in [0.1, 0.15) is 24.4 Å². The number of halogens is 1. The van der Waals surface area contributed by atoms with Crippen molar-refractivity contribution in [2.75, 3.05) is 13.7 Å². The first-order chi connectivity index (χ1) is 7.72. The Labute approximate surface area is 94.2 Å². The summed E-state index contributed by atoms with van der Waals surface area (Å²) in [5.41, 5.74) is 0.690. The standard InChI is InChI=1S/C12H16FNO2/c1-16-11-5-4-8(13)7-9(11)12-10(15)3-2-6-14-12/h4-5,7,10,12,14-15H,2-3,6H2,1H3. The molecule has 1 heterocycles. The second-order valence-corrected chi connectivity index (χ2v) is 4.03. The summed E-state index contributed by atoms with van der Waals surface area (Å²) in [5.74, 6) is 0.301. The summed E-state index contributed by atoms with van der Waals surface area (Å²) in [4.78, 5) is 0. The molecule has 0 aromatic heterocycles.